The van der Waals surface area contributed by atoms with E-state index in [1.54, 1.807) is 11.8 Å². The molecule has 0 aliphatic heterocycles. The summed E-state index contributed by atoms with van der Waals surface area (Å²) in [6.07, 6.45) is 0. The zero-order chi connectivity index (χ0) is 10.5. The largest absolute Gasteiger partial charge is 0.390 e. The first kappa shape index (κ1) is 10.2. The van der Waals surface area contributed by atoms with Crippen LogP contribution in [0.25, 0.3) is 0 Å². The van der Waals surface area contributed by atoms with Crippen molar-refractivity contribution in [3.63, 3.8) is 0 Å². The first-order valence-corrected chi connectivity index (χ1v) is 5.50. The molecule has 0 spiro atoms. The van der Waals surface area contributed by atoms with E-state index in [0.717, 1.165) is 9.92 Å². The van der Waals surface area contributed by atoms with Crippen molar-refractivity contribution in [3.05, 3.63) is 54.2 Å². The Labute approximate surface area is 93.0 Å². The van der Waals surface area contributed by atoms with E-state index in [9.17, 15) is 0 Å². The maximum atomic E-state index is 8.96. The third kappa shape index (κ3) is 2.81. The SMILES string of the molecule is OCc1cccc(Sc2ccccc2)n1. The van der Waals surface area contributed by atoms with Gasteiger partial charge in [0.15, 0.2) is 0 Å². The average Bonchev–Trinajstić information content (AvgIpc) is 2.31. The molecule has 0 atom stereocenters. The van der Waals surface area contributed by atoms with Crippen molar-refractivity contribution in [3.8, 4) is 0 Å². The van der Waals surface area contributed by atoms with Crippen molar-refractivity contribution in [2.45, 2.75) is 16.5 Å². The van der Waals surface area contributed by atoms with E-state index in [4.69, 9.17) is 5.11 Å². The Bertz CT molecular complexity index is 431. The Kier molecular flexibility index (Phi) is 3.37. The third-order valence-corrected chi connectivity index (χ3v) is 2.85. The summed E-state index contributed by atoms with van der Waals surface area (Å²) in [7, 11) is 0. The molecule has 0 saturated carbocycles. The second-order valence-electron chi connectivity index (χ2n) is 3.04. The Morgan fingerprint density at radius 2 is 1.80 bits per heavy atom. The molecule has 0 aliphatic rings. The topological polar surface area (TPSA) is 33.1 Å². The molecule has 0 amide bonds. The van der Waals surface area contributed by atoms with Crippen molar-refractivity contribution in [2.75, 3.05) is 0 Å². The number of rotatable bonds is 3. The van der Waals surface area contributed by atoms with Crippen LogP contribution in [0.2, 0.25) is 0 Å². The summed E-state index contributed by atoms with van der Waals surface area (Å²) in [6, 6.07) is 15.7. The molecule has 0 bridgehead atoms. The summed E-state index contributed by atoms with van der Waals surface area (Å²) >= 11 is 1.59. The van der Waals surface area contributed by atoms with Crippen molar-refractivity contribution in [1.29, 1.82) is 0 Å². The normalized spacial score (nSPS) is 10.2. The molecule has 1 heterocycles. The Morgan fingerprint density at radius 3 is 2.53 bits per heavy atom. The van der Waals surface area contributed by atoms with Gasteiger partial charge in [-0.2, -0.15) is 0 Å². The van der Waals surface area contributed by atoms with Gasteiger partial charge in [-0.25, -0.2) is 4.98 Å². The van der Waals surface area contributed by atoms with Crippen LogP contribution >= 0.6 is 11.8 Å². The highest BCUT2D eigenvalue weighted by Crippen LogP contribution is 2.25. The summed E-state index contributed by atoms with van der Waals surface area (Å²) in [6.45, 7) is -0.0107. The highest BCUT2D eigenvalue weighted by Gasteiger charge is 1.99. The van der Waals surface area contributed by atoms with Gasteiger partial charge in [-0.15, -0.1) is 0 Å². The molecule has 0 fully saturated rings. The maximum Gasteiger partial charge on any atom is 0.101 e. The van der Waals surface area contributed by atoms with Gasteiger partial charge in [-0.3, -0.25) is 0 Å². The van der Waals surface area contributed by atoms with Crippen LogP contribution in [-0.2, 0) is 6.61 Å². The fourth-order valence-electron chi connectivity index (χ4n) is 1.21. The van der Waals surface area contributed by atoms with Crippen LogP contribution in [0.5, 0.6) is 0 Å². The fourth-order valence-corrected chi connectivity index (χ4v) is 2.06. The van der Waals surface area contributed by atoms with Gasteiger partial charge in [-0.05, 0) is 24.3 Å². The Balaban J connectivity index is 2.17. The van der Waals surface area contributed by atoms with E-state index in [-0.39, 0.29) is 6.61 Å². The van der Waals surface area contributed by atoms with Crippen LogP contribution in [0.1, 0.15) is 5.69 Å². The van der Waals surface area contributed by atoms with Crippen molar-refractivity contribution in [1.82, 2.24) is 4.98 Å². The lowest BCUT2D eigenvalue weighted by Gasteiger charge is -2.01. The number of aromatic nitrogens is 1. The van der Waals surface area contributed by atoms with E-state index < -0.39 is 0 Å². The number of aliphatic hydroxyl groups is 1. The molecule has 1 aromatic heterocycles. The molecule has 0 unspecified atom stereocenters. The molecule has 15 heavy (non-hydrogen) atoms. The van der Waals surface area contributed by atoms with Gasteiger partial charge in [0.05, 0.1) is 12.3 Å². The lowest BCUT2D eigenvalue weighted by atomic mass is 10.4. The van der Waals surface area contributed by atoms with Crippen molar-refractivity contribution in [2.24, 2.45) is 0 Å². The minimum absolute atomic E-state index is 0.0107. The van der Waals surface area contributed by atoms with Gasteiger partial charge in [0.25, 0.3) is 0 Å². The van der Waals surface area contributed by atoms with Crippen LogP contribution in [0.3, 0.4) is 0 Å². The van der Waals surface area contributed by atoms with Crippen molar-refractivity contribution < 1.29 is 5.11 Å². The zero-order valence-electron chi connectivity index (χ0n) is 8.13. The summed E-state index contributed by atoms with van der Waals surface area (Å²) in [5, 5.41) is 9.87. The van der Waals surface area contributed by atoms with Gasteiger partial charge in [0.1, 0.15) is 5.03 Å². The van der Waals surface area contributed by atoms with E-state index in [2.05, 4.69) is 4.98 Å². The minimum Gasteiger partial charge on any atom is -0.390 e. The molecular weight excluding hydrogens is 206 g/mol. The number of hydrogen-bond donors (Lipinski definition) is 1. The first-order valence-electron chi connectivity index (χ1n) is 4.68. The molecule has 1 N–H and O–H groups in total. The van der Waals surface area contributed by atoms with E-state index in [0.29, 0.717) is 5.69 Å². The lowest BCUT2D eigenvalue weighted by Crippen LogP contribution is -1.89. The van der Waals surface area contributed by atoms with Crippen LogP contribution < -0.4 is 0 Å². The predicted octanol–water partition coefficient (Wildman–Crippen LogP) is 2.73. The van der Waals surface area contributed by atoms with Gasteiger partial charge in [-0.1, -0.05) is 36.0 Å². The molecule has 76 valence electrons. The highest BCUT2D eigenvalue weighted by atomic mass is 32.2. The summed E-state index contributed by atoms with van der Waals surface area (Å²) in [5.41, 5.74) is 0.705. The van der Waals surface area contributed by atoms with E-state index >= 15 is 0 Å². The minimum atomic E-state index is -0.0107. The molecule has 1 aromatic carbocycles. The molecule has 2 nitrogen and oxygen atoms in total. The van der Waals surface area contributed by atoms with Crippen LogP contribution in [-0.4, -0.2) is 10.1 Å². The van der Waals surface area contributed by atoms with Crippen LogP contribution in [0.4, 0.5) is 0 Å². The monoisotopic (exact) mass is 217 g/mol. The molecular formula is C12H11NOS. The maximum absolute atomic E-state index is 8.96. The van der Waals surface area contributed by atoms with Gasteiger partial charge >= 0.3 is 0 Å². The standard InChI is InChI=1S/C12H11NOS/c14-9-10-5-4-8-12(13-10)15-11-6-2-1-3-7-11/h1-8,14H,9H2. The summed E-state index contributed by atoms with van der Waals surface area (Å²) in [4.78, 5) is 5.45. The Hall–Kier alpha value is -1.32. The van der Waals surface area contributed by atoms with Gasteiger partial charge < -0.3 is 5.11 Å². The van der Waals surface area contributed by atoms with E-state index in [1.165, 1.54) is 0 Å². The predicted molar refractivity (Wildman–Crippen MR) is 60.7 cm³/mol. The molecule has 2 aromatic rings. The van der Waals surface area contributed by atoms with Crippen LogP contribution in [0, 0.1) is 0 Å². The summed E-state index contributed by atoms with van der Waals surface area (Å²) in [5.74, 6) is 0. The number of hydrogen-bond acceptors (Lipinski definition) is 3. The van der Waals surface area contributed by atoms with Gasteiger partial charge in [0.2, 0.25) is 0 Å². The highest BCUT2D eigenvalue weighted by molar-refractivity contribution is 7.99. The van der Waals surface area contributed by atoms with Crippen molar-refractivity contribution >= 4 is 11.8 Å². The number of pyridine rings is 1. The van der Waals surface area contributed by atoms with Gasteiger partial charge in [0, 0.05) is 4.90 Å². The molecule has 0 aliphatic carbocycles. The Morgan fingerprint density at radius 1 is 1.00 bits per heavy atom. The molecule has 0 saturated heterocycles. The second-order valence-corrected chi connectivity index (χ2v) is 4.13. The average molecular weight is 217 g/mol. The molecule has 3 heteroatoms. The molecule has 2 rings (SSSR count). The number of benzene rings is 1. The quantitative estimate of drug-likeness (QED) is 0.858. The van der Waals surface area contributed by atoms with E-state index in [1.807, 2.05) is 48.5 Å². The first-order chi connectivity index (χ1) is 7.38. The summed E-state index contributed by atoms with van der Waals surface area (Å²) < 4.78 is 0. The zero-order valence-corrected chi connectivity index (χ0v) is 8.95. The van der Waals surface area contributed by atoms with Crippen LogP contribution in [0.15, 0.2) is 58.5 Å². The third-order valence-electron chi connectivity index (χ3n) is 1.91. The fraction of sp³-hybridized carbons (Fsp3) is 0.0833. The lowest BCUT2D eigenvalue weighted by molar-refractivity contribution is 0.276. The smallest absolute Gasteiger partial charge is 0.101 e. The second kappa shape index (κ2) is 4.96. The molecule has 0 radical (unpaired) electrons. The number of aliphatic hydroxyl groups excluding tert-OH is 1. The number of nitrogens with zero attached hydrogens (tertiary/aromatic N) is 1.